The van der Waals surface area contributed by atoms with Crippen LogP contribution in [0.4, 0.5) is 19.0 Å². The molecule has 0 fully saturated rings. The van der Waals surface area contributed by atoms with Gasteiger partial charge in [0.1, 0.15) is 17.6 Å². The minimum absolute atomic E-state index is 0.0578. The van der Waals surface area contributed by atoms with E-state index in [0.29, 0.717) is 13.0 Å². The van der Waals surface area contributed by atoms with Gasteiger partial charge >= 0.3 is 6.18 Å². The summed E-state index contributed by atoms with van der Waals surface area (Å²) in [6.07, 6.45) is -3.98. The largest absolute Gasteiger partial charge is 0.433 e. The number of halogens is 3. The lowest BCUT2D eigenvalue weighted by Gasteiger charge is -2.10. The van der Waals surface area contributed by atoms with E-state index in [1.54, 1.807) is 5.51 Å². The average molecular weight is 298 g/mol. The van der Waals surface area contributed by atoms with Gasteiger partial charge in [-0.25, -0.2) is 9.97 Å². The Morgan fingerprint density at radius 1 is 1.35 bits per heavy atom. The molecular weight excluding hydrogens is 289 g/mol. The summed E-state index contributed by atoms with van der Waals surface area (Å²) in [4.78, 5) is 7.52. The van der Waals surface area contributed by atoms with Crippen LogP contribution in [-0.4, -0.2) is 16.5 Å². The van der Waals surface area contributed by atoms with Crippen molar-refractivity contribution in [3.8, 4) is 6.07 Å². The summed E-state index contributed by atoms with van der Waals surface area (Å²) in [5.74, 6) is -0.0578. The third-order valence-corrected chi connectivity index (χ3v) is 3.10. The first-order valence-electron chi connectivity index (χ1n) is 5.60. The zero-order valence-corrected chi connectivity index (χ0v) is 10.9. The monoisotopic (exact) mass is 298 g/mol. The molecule has 0 aliphatic rings. The van der Waals surface area contributed by atoms with Crippen LogP contribution in [0.15, 0.2) is 23.0 Å². The molecule has 0 saturated carbocycles. The smallest absolute Gasteiger partial charge is 0.369 e. The highest BCUT2D eigenvalue weighted by molar-refractivity contribution is 7.07. The highest BCUT2D eigenvalue weighted by atomic mass is 32.1. The van der Waals surface area contributed by atoms with Gasteiger partial charge in [-0.2, -0.15) is 18.4 Å². The second kappa shape index (κ2) is 5.88. The van der Waals surface area contributed by atoms with Crippen molar-refractivity contribution in [2.45, 2.75) is 12.6 Å². The summed E-state index contributed by atoms with van der Waals surface area (Å²) < 4.78 is 37.7. The maximum Gasteiger partial charge on any atom is 0.433 e. The molecule has 1 N–H and O–H groups in total. The van der Waals surface area contributed by atoms with Gasteiger partial charge in [0.15, 0.2) is 0 Å². The van der Waals surface area contributed by atoms with Crippen LogP contribution in [0.5, 0.6) is 0 Å². The lowest BCUT2D eigenvalue weighted by atomic mass is 10.2. The molecule has 0 aliphatic carbocycles. The fourth-order valence-electron chi connectivity index (χ4n) is 1.51. The Kier molecular flexibility index (Phi) is 4.20. The molecule has 20 heavy (non-hydrogen) atoms. The van der Waals surface area contributed by atoms with Crippen molar-refractivity contribution in [2.75, 3.05) is 11.9 Å². The normalized spacial score (nSPS) is 11.1. The second-order valence-electron chi connectivity index (χ2n) is 3.86. The van der Waals surface area contributed by atoms with Crippen LogP contribution in [0, 0.1) is 11.3 Å². The molecule has 104 valence electrons. The molecule has 8 heteroatoms. The number of aromatic nitrogens is 2. The number of nitrogens with zero attached hydrogens (tertiary/aromatic N) is 3. The van der Waals surface area contributed by atoms with Crippen molar-refractivity contribution in [3.63, 3.8) is 0 Å². The van der Waals surface area contributed by atoms with Crippen molar-refractivity contribution in [2.24, 2.45) is 0 Å². The summed E-state index contributed by atoms with van der Waals surface area (Å²) >= 11 is 1.44. The summed E-state index contributed by atoms with van der Waals surface area (Å²) in [6.45, 7) is 0.354. The van der Waals surface area contributed by atoms with Crippen LogP contribution in [-0.2, 0) is 12.6 Å². The van der Waals surface area contributed by atoms with Gasteiger partial charge < -0.3 is 5.32 Å². The first kappa shape index (κ1) is 14.3. The molecule has 2 aromatic rings. The van der Waals surface area contributed by atoms with E-state index in [1.165, 1.54) is 11.3 Å². The molecule has 0 bridgehead atoms. The first-order valence-corrected chi connectivity index (χ1v) is 6.54. The number of thiazole rings is 1. The van der Waals surface area contributed by atoms with Gasteiger partial charge in [0, 0.05) is 18.3 Å². The van der Waals surface area contributed by atoms with Crippen molar-refractivity contribution < 1.29 is 13.2 Å². The van der Waals surface area contributed by atoms with Gasteiger partial charge in [-0.15, -0.1) is 11.3 Å². The van der Waals surface area contributed by atoms with Crippen LogP contribution in [0.25, 0.3) is 0 Å². The zero-order valence-electron chi connectivity index (χ0n) is 10.1. The standard InChI is InChI=1S/C12H9F3N4S/c13-12(14,15)10-2-1-8(5-16)11(19-10)17-4-3-9-6-20-7-18-9/h1-2,6-7H,3-4H2,(H,17,19). The molecule has 2 rings (SSSR count). The SMILES string of the molecule is N#Cc1ccc(C(F)(F)F)nc1NCCc1cscn1. The van der Waals surface area contributed by atoms with Crippen LogP contribution in [0.3, 0.4) is 0 Å². The Labute approximate surface area is 116 Å². The summed E-state index contributed by atoms with van der Waals surface area (Å²) in [5.41, 5.74) is 1.58. The molecule has 0 saturated heterocycles. The minimum atomic E-state index is -4.53. The Morgan fingerprint density at radius 3 is 2.75 bits per heavy atom. The molecule has 2 heterocycles. The molecule has 2 aromatic heterocycles. The van der Waals surface area contributed by atoms with E-state index in [1.807, 2.05) is 11.4 Å². The summed E-state index contributed by atoms with van der Waals surface area (Å²) in [7, 11) is 0. The molecule has 4 nitrogen and oxygen atoms in total. The average Bonchev–Trinajstić information content (AvgIpc) is 2.90. The lowest BCUT2D eigenvalue weighted by molar-refractivity contribution is -0.141. The number of pyridine rings is 1. The third kappa shape index (κ3) is 3.45. The van der Waals surface area contributed by atoms with Gasteiger partial charge in [0.2, 0.25) is 0 Å². The van der Waals surface area contributed by atoms with E-state index in [4.69, 9.17) is 5.26 Å². The van der Waals surface area contributed by atoms with Crippen LogP contribution < -0.4 is 5.32 Å². The van der Waals surface area contributed by atoms with E-state index < -0.39 is 11.9 Å². The van der Waals surface area contributed by atoms with Crippen LogP contribution in [0.2, 0.25) is 0 Å². The van der Waals surface area contributed by atoms with Gasteiger partial charge in [-0.05, 0) is 12.1 Å². The van der Waals surface area contributed by atoms with Crippen molar-refractivity contribution in [1.82, 2.24) is 9.97 Å². The molecule has 0 radical (unpaired) electrons. The number of hydrogen-bond acceptors (Lipinski definition) is 5. The molecule has 0 unspecified atom stereocenters. The zero-order chi connectivity index (χ0) is 14.6. The maximum absolute atomic E-state index is 12.6. The van der Waals surface area contributed by atoms with E-state index in [0.717, 1.165) is 17.8 Å². The van der Waals surface area contributed by atoms with Crippen LogP contribution in [0.1, 0.15) is 17.0 Å². The molecule has 0 atom stereocenters. The summed E-state index contributed by atoms with van der Waals surface area (Å²) in [6, 6.07) is 3.72. The number of alkyl halides is 3. The van der Waals surface area contributed by atoms with Crippen molar-refractivity contribution >= 4 is 17.2 Å². The second-order valence-corrected chi connectivity index (χ2v) is 4.58. The fourth-order valence-corrected chi connectivity index (χ4v) is 2.10. The Morgan fingerprint density at radius 2 is 2.15 bits per heavy atom. The van der Waals surface area contributed by atoms with Gasteiger partial charge in [-0.1, -0.05) is 0 Å². The van der Waals surface area contributed by atoms with Crippen molar-refractivity contribution in [3.05, 3.63) is 40.0 Å². The first-order chi connectivity index (χ1) is 9.50. The lowest BCUT2D eigenvalue weighted by Crippen LogP contribution is -2.13. The molecule has 0 spiro atoms. The molecule has 0 aliphatic heterocycles. The van der Waals surface area contributed by atoms with E-state index in [2.05, 4.69) is 15.3 Å². The highest BCUT2D eigenvalue weighted by Crippen LogP contribution is 2.29. The van der Waals surface area contributed by atoms with E-state index in [-0.39, 0.29) is 11.4 Å². The number of nitriles is 1. The predicted octanol–water partition coefficient (Wildman–Crippen LogP) is 3.08. The Bertz CT molecular complexity index is 617. The quantitative estimate of drug-likeness (QED) is 0.942. The Hall–Kier alpha value is -2.14. The fraction of sp³-hybridized carbons (Fsp3) is 0.250. The summed E-state index contributed by atoms with van der Waals surface area (Å²) in [5, 5.41) is 13.5. The maximum atomic E-state index is 12.6. The van der Waals surface area contributed by atoms with Gasteiger partial charge in [0.05, 0.1) is 16.8 Å². The number of nitrogens with one attached hydrogen (secondary N) is 1. The third-order valence-electron chi connectivity index (χ3n) is 2.46. The topological polar surface area (TPSA) is 61.6 Å². The predicted molar refractivity (Wildman–Crippen MR) is 68.3 cm³/mol. The van der Waals surface area contributed by atoms with Gasteiger partial charge in [0.25, 0.3) is 0 Å². The molecule has 0 amide bonds. The highest BCUT2D eigenvalue weighted by Gasteiger charge is 2.33. The Balaban J connectivity index is 2.11. The molecular formula is C12H9F3N4S. The van der Waals surface area contributed by atoms with Gasteiger partial charge in [-0.3, -0.25) is 0 Å². The van der Waals surface area contributed by atoms with E-state index >= 15 is 0 Å². The minimum Gasteiger partial charge on any atom is -0.369 e. The van der Waals surface area contributed by atoms with Crippen LogP contribution >= 0.6 is 11.3 Å². The number of rotatable bonds is 4. The number of anilines is 1. The van der Waals surface area contributed by atoms with Crippen molar-refractivity contribution in [1.29, 1.82) is 5.26 Å². The van der Waals surface area contributed by atoms with E-state index in [9.17, 15) is 13.2 Å². The number of hydrogen-bond donors (Lipinski definition) is 1. The molecule has 0 aromatic carbocycles.